The van der Waals surface area contributed by atoms with Crippen LogP contribution in [0.3, 0.4) is 0 Å². The van der Waals surface area contributed by atoms with E-state index in [-0.39, 0.29) is 11.4 Å². The summed E-state index contributed by atoms with van der Waals surface area (Å²) in [5.74, 6) is 1.96. The third kappa shape index (κ3) is 8.43. The number of halogens is 3. The maximum atomic E-state index is 12.2. The van der Waals surface area contributed by atoms with Crippen molar-refractivity contribution in [2.75, 3.05) is 25.4 Å². The van der Waals surface area contributed by atoms with Crippen molar-refractivity contribution in [1.29, 1.82) is 0 Å². The van der Waals surface area contributed by atoms with E-state index >= 15 is 0 Å². The first-order chi connectivity index (χ1) is 12.8. The number of hydrogen-bond donors (Lipinski definition) is 2. The van der Waals surface area contributed by atoms with Crippen LogP contribution in [-0.4, -0.2) is 42.3 Å². The highest BCUT2D eigenvalue weighted by molar-refractivity contribution is 8.00. The number of guanidine groups is 1. The molecule has 1 aromatic rings. The molecule has 1 aliphatic heterocycles. The number of aliphatic imine (C=N–C) groups is 1. The summed E-state index contributed by atoms with van der Waals surface area (Å²) in [6.07, 6.45) is -1.85. The molecular formula is C19H28F3N3OS. The highest BCUT2D eigenvalue weighted by Gasteiger charge is 2.29. The molecule has 0 aliphatic carbocycles. The standard InChI is InChI=1S/C19H28F3N3OS/c1-3-23-17(25-13-18(2)8-5-9-27-18)24-11-15-6-4-7-16(10-15)12-26-14-19(20,21)22/h4,6-7,10H,3,5,8-9,11-14H2,1-2H3,(H2,23,24,25). The van der Waals surface area contributed by atoms with Crippen molar-refractivity contribution in [3.63, 3.8) is 0 Å². The predicted molar refractivity (Wildman–Crippen MR) is 105 cm³/mol. The number of hydrogen-bond acceptors (Lipinski definition) is 3. The fraction of sp³-hybridized carbons (Fsp3) is 0.632. The first-order valence-electron chi connectivity index (χ1n) is 9.18. The van der Waals surface area contributed by atoms with E-state index in [1.165, 1.54) is 18.6 Å². The van der Waals surface area contributed by atoms with E-state index in [2.05, 4.69) is 22.5 Å². The monoisotopic (exact) mass is 403 g/mol. The van der Waals surface area contributed by atoms with Crippen LogP contribution < -0.4 is 10.6 Å². The molecule has 152 valence electrons. The van der Waals surface area contributed by atoms with Gasteiger partial charge in [0.05, 0.1) is 13.2 Å². The molecule has 8 heteroatoms. The van der Waals surface area contributed by atoms with Gasteiger partial charge in [0.1, 0.15) is 6.61 Å². The van der Waals surface area contributed by atoms with Gasteiger partial charge < -0.3 is 15.4 Å². The van der Waals surface area contributed by atoms with Gasteiger partial charge in [0.2, 0.25) is 0 Å². The zero-order valence-corrected chi connectivity index (χ0v) is 16.7. The Labute approximate surface area is 163 Å². The van der Waals surface area contributed by atoms with Crippen LogP contribution in [-0.2, 0) is 17.9 Å². The van der Waals surface area contributed by atoms with Crippen molar-refractivity contribution in [1.82, 2.24) is 10.6 Å². The van der Waals surface area contributed by atoms with Gasteiger partial charge in [-0.2, -0.15) is 24.9 Å². The molecule has 2 N–H and O–H groups in total. The summed E-state index contributed by atoms with van der Waals surface area (Å²) in [6, 6.07) is 7.31. The molecule has 1 atom stereocenters. The van der Waals surface area contributed by atoms with E-state index in [1.54, 1.807) is 6.07 Å². The molecule has 1 unspecified atom stereocenters. The third-order valence-corrected chi connectivity index (χ3v) is 5.76. The SMILES string of the molecule is CCNC(=NCc1cccc(COCC(F)(F)F)c1)NCC1(C)CCCS1. The van der Waals surface area contributed by atoms with Crippen LogP contribution in [0.25, 0.3) is 0 Å². The van der Waals surface area contributed by atoms with Gasteiger partial charge in [-0.05, 0) is 43.6 Å². The van der Waals surface area contributed by atoms with E-state index in [4.69, 9.17) is 4.74 Å². The van der Waals surface area contributed by atoms with Crippen LogP contribution >= 0.6 is 11.8 Å². The Morgan fingerprint density at radius 2 is 2.07 bits per heavy atom. The van der Waals surface area contributed by atoms with Crippen molar-refractivity contribution in [2.24, 2.45) is 4.99 Å². The normalized spacial score (nSPS) is 20.7. The lowest BCUT2D eigenvalue weighted by atomic mass is 10.1. The number of alkyl halides is 3. The highest BCUT2D eigenvalue weighted by atomic mass is 32.2. The number of benzene rings is 1. The molecule has 4 nitrogen and oxygen atoms in total. The van der Waals surface area contributed by atoms with E-state index in [0.717, 1.165) is 24.6 Å². The van der Waals surface area contributed by atoms with Gasteiger partial charge in [0.25, 0.3) is 0 Å². The number of rotatable bonds is 8. The molecule has 0 spiro atoms. The van der Waals surface area contributed by atoms with Crippen LogP contribution in [0.2, 0.25) is 0 Å². The van der Waals surface area contributed by atoms with Crippen molar-refractivity contribution in [2.45, 2.75) is 50.8 Å². The summed E-state index contributed by atoms with van der Waals surface area (Å²) in [7, 11) is 0. The van der Waals surface area contributed by atoms with Crippen LogP contribution in [0.1, 0.15) is 37.8 Å². The van der Waals surface area contributed by atoms with Crippen molar-refractivity contribution in [3.8, 4) is 0 Å². The Kier molecular flexibility index (Phi) is 8.28. The fourth-order valence-corrected chi connectivity index (χ4v) is 4.11. The van der Waals surface area contributed by atoms with Crippen LogP contribution in [0.15, 0.2) is 29.3 Å². The van der Waals surface area contributed by atoms with Crippen LogP contribution in [0, 0.1) is 0 Å². The summed E-state index contributed by atoms with van der Waals surface area (Å²) in [5.41, 5.74) is 1.64. The maximum Gasteiger partial charge on any atom is 0.411 e. The molecule has 0 aromatic heterocycles. The second-order valence-corrected chi connectivity index (χ2v) is 8.56. The van der Waals surface area contributed by atoms with Crippen LogP contribution in [0.4, 0.5) is 13.2 Å². The van der Waals surface area contributed by atoms with E-state index in [9.17, 15) is 13.2 Å². The first-order valence-corrected chi connectivity index (χ1v) is 10.2. The largest absolute Gasteiger partial charge is 0.411 e. The lowest BCUT2D eigenvalue weighted by Crippen LogP contribution is -2.43. The molecule has 1 aromatic carbocycles. The Morgan fingerprint density at radius 3 is 2.74 bits per heavy atom. The van der Waals surface area contributed by atoms with Crippen molar-refractivity contribution in [3.05, 3.63) is 35.4 Å². The molecule has 0 bridgehead atoms. The molecule has 0 radical (unpaired) electrons. The van der Waals surface area contributed by atoms with Gasteiger partial charge >= 0.3 is 6.18 Å². The number of nitrogens with one attached hydrogen (secondary N) is 2. The molecule has 0 saturated carbocycles. The Morgan fingerprint density at radius 1 is 1.30 bits per heavy atom. The molecule has 27 heavy (non-hydrogen) atoms. The fourth-order valence-electron chi connectivity index (χ4n) is 2.86. The van der Waals surface area contributed by atoms with Gasteiger partial charge in [0.15, 0.2) is 5.96 Å². The molecule has 1 heterocycles. The molecule has 1 saturated heterocycles. The van der Waals surface area contributed by atoms with Crippen LogP contribution in [0.5, 0.6) is 0 Å². The summed E-state index contributed by atoms with van der Waals surface area (Å²) < 4.78 is 41.5. The molecular weight excluding hydrogens is 375 g/mol. The number of ether oxygens (including phenoxy) is 1. The molecule has 1 aliphatic rings. The number of thioether (sulfide) groups is 1. The Balaban J connectivity index is 1.89. The summed E-state index contributed by atoms with van der Waals surface area (Å²) in [5, 5.41) is 6.65. The zero-order valence-electron chi connectivity index (χ0n) is 15.9. The molecule has 0 amide bonds. The summed E-state index contributed by atoms with van der Waals surface area (Å²) >= 11 is 1.99. The summed E-state index contributed by atoms with van der Waals surface area (Å²) in [6.45, 7) is 5.06. The lowest BCUT2D eigenvalue weighted by Gasteiger charge is -2.24. The topological polar surface area (TPSA) is 45.7 Å². The van der Waals surface area contributed by atoms with Gasteiger partial charge in [-0.1, -0.05) is 24.3 Å². The molecule has 1 fully saturated rings. The van der Waals surface area contributed by atoms with Crippen molar-refractivity contribution >= 4 is 17.7 Å². The molecule has 2 rings (SSSR count). The minimum Gasteiger partial charge on any atom is -0.367 e. The van der Waals surface area contributed by atoms with Gasteiger partial charge in [0, 0.05) is 17.8 Å². The van der Waals surface area contributed by atoms with E-state index in [1.807, 2.05) is 36.9 Å². The lowest BCUT2D eigenvalue weighted by molar-refractivity contribution is -0.176. The van der Waals surface area contributed by atoms with Gasteiger partial charge in [-0.3, -0.25) is 0 Å². The minimum atomic E-state index is -4.30. The highest BCUT2D eigenvalue weighted by Crippen LogP contribution is 2.36. The Bertz CT molecular complexity index is 616. The Hall–Kier alpha value is -1.41. The third-order valence-electron chi connectivity index (χ3n) is 4.22. The summed E-state index contributed by atoms with van der Waals surface area (Å²) in [4.78, 5) is 4.60. The second kappa shape index (κ2) is 10.2. The van der Waals surface area contributed by atoms with E-state index < -0.39 is 12.8 Å². The van der Waals surface area contributed by atoms with Crippen molar-refractivity contribution < 1.29 is 17.9 Å². The smallest absolute Gasteiger partial charge is 0.367 e. The predicted octanol–water partition coefficient (Wildman–Crippen LogP) is 4.11. The maximum absolute atomic E-state index is 12.2. The quantitative estimate of drug-likeness (QED) is 0.507. The zero-order chi connectivity index (χ0) is 19.8. The first kappa shape index (κ1) is 21.9. The second-order valence-electron chi connectivity index (χ2n) is 6.88. The number of nitrogens with zero attached hydrogens (tertiary/aromatic N) is 1. The minimum absolute atomic E-state index is 0.0645. The average Bonchev–Trinajstić information content (AvgIpc) is 3.04. The van der Waals surface area contributed by atoms with Gasteiger partial charge in [-0.15, -0.1) is 0 Å². The van der Waals surface area contributed by atoms with Gasteiger partial charge in [-0.25, -0.2) is 4.99 Å². The van der Waals surface area contributed by atoms with E-state index in [0.29, 0.717) is 12.1 Å². The average molecular weight is 404 g/mol.